The largest absolute Gasteiger partial charge is 0.356 e. The van der Waals surface area contributed by atoms with Gasteiger partial charge in [0.2, 0.25) is 5.91 Å². The number of rotatable bonds is 7. The highest BCUT2D eigenvalue weighted by atomic mass is 16.7. The number of carbonyl (C=O) groups is 1. The quantitative estimate of drug-likeness (QED) is 0.724. The highest BCUT2D eigenvalue weighted by molar-refractivity contribution is 5.78. The van der Waals surface area contributed by atoms with Gasteiger partial charge in [-0.2, -0.15) is 0 Å². The Morgan fingerprint density at radius 3 is 2.17 bits per heavy atom. The van der Waals surface area contributed by atoms with E-state index in [1.165, 1.54) is 0 Å². The molecule has 0 atom stereocenters. The van der Waals surface area contributed by atoms with Gasteiger partial charge in [0.15, 0.2) is 12.6 Å². The number of ether oxygens (including phenoxy) is 4. The molecule has 1 saturated carbocycles. The molecule has 2 heterocycles. The maximum atomic E-state index is 12.5. The number of nitrogens with one attached hydrogen (secondary N) is 1. The molecular formula is C22H32N2O5. The fraction of sp³-hybridized carbons (Fsp3) is 0.682. The van der Waals surface area contributed by atoms with Crippen molar-refractivity contribution in [1.82, 2.24) is 5.32 Å². The third kappa shape index (κ3) is 5.16. The molecule has 0 unspecified atom stereocenters. The molecule has 0 bridgehead atoms. The van der Waals surface area contributed by atoms with Gasteiger partial charge in [0, 0.05) is 23.6 Å². The molecule has 3 aliphatic rings. The van der Waals surface area contributed by atoms with Gasteiger partial charge in [0.1, 0.15) is 0 Å². The Morgan fingerprint density at radius 1 is 0.931 bits per heavy atom. The molecule has 4 rings (SSSR count). The predicted octanol–water partition coefficient (Wildman–Crippen LogP) is 2.20. The van der Waals surface area contributed by atoms with Crippen LogP contribution in [0.15, 0.2) is 18.2 Å². The molecule has 29 heavy (non-hydrogen) atoms. The Balaban J connectivity index is 1.34. The monoisotopic (exact) mass is 404 g/mol. The van der Waals surface area contributed by atoms with Crippen LogP contribution in [-0.2, 0) is 30.2 Å². The van der Waals surface area contributed by atoms with Crippen LogP contribution in [0.4, 0.5) is 0 Å². The van der Waals surface area contributed by atoms with E-state index in [1.807, 2.05) is 6.07 Å². The number of carbonyl (C=O) groups excluding carboxylic acids is 1. The van der Waals surface area contributed by atoms with Crippen LogP contribution < -0.4 is 11.1 Å². The summed E-state index contributed by atoms with van der Waals surface area (Å²) in [5, 5.41) is 3.11. The molecule has 7 heteroatoms. The normalized spacial score (nSPS) is 26.1. The van der Waals surface area contributed by atoms with Gasteiger partial charge in [-0.15, -0.1) is 0 Å². The molecule has 3 N–H and O–H groups in total. The summed E-state index contributed by atoms with van der Waals surface area (Å²) >= 11 is 0. The fourth-order valence-electron chi connectivity index (χ4n) is 4.41. The van der Waals surface area contributed by atoms with E-state index in [1.54, 1.807) is 0 Å². The Labute approximate surface area is 172 Å². The Hall–Kier alpha value is -1.51. The topological polar surface area (TPSA) is 92.0 Å². The maximum Gasteiger partial charge on any atom is 0.223 e. The van der Waals surface area contributed by atoms with Crippen LogP contribution in [0.25, 0.3) is 0 Å². The van der Waals surface area contributed by atoms with Gasteiger partial charge in [0.25, 0.3) is 0 Å². The standard InChI is InChI=1S/C22H32N2O5/c23-14-16-1-4-17(5-2-16)20(25)24-8-7-15-3-6-18(21-26-9-10-27-21)19(13-15)22-28-11-12-29-22/h3,6,13,16-17,21-22H,1-2,4-5,7-12,14,23H2,(H,24,25). The van der Waals surface area contributed by atoms with Crippen LogP contribution in [0.2, 0.25) is 0 Å². The molecule has 1 aromatic rings. The SMILES string of the molecule is NCC1CCC(C(=O)NCCc2ccc(C3OCCO3)c(C3OCCO3)c2)CC1. The van der Waals surface area contributed by atoms with Crippen molar-refractivity contribution in [2.24, 2.45) is 17.6 Å². The van der Waals surface area contributed by atoms with Crippen LogP contribution in [0.1, 0.15) is 55.0 Å². The zero-order chi connectivity index (χ0) is 20.1. The Bertz CT molecular complexity index is 678. The number of benzene rings is 1. The minimum atomic E-state index is -0.384. The van der Waals surface area contributed by atoms with Gasteiger partial charge in [-0.25, -0.2) is 0 Å². The first-order valence-electron chi connectivity index (χ1n) is 10.8. The second-order valence-corrected chi connectivity index (χ2v) is 8.10. The Morgan fingerprint density at radius 2 is 1.55 bits per heavy atom. The van der Waals surface area contributed by atoms with E-state index in [0.29, 0.717) is 38.9 Å². The summed E-state index contributed by atoms with van der Waals surface area (Å²) in [7, 11) is 0. The van der Waals surface area contributed by atoms with Gasteiger partial charge >= 0.3 is 0 Å². The second-order valence-electron chi connectivity index (χ2n) is 8.10. The minimum Gasteiger partial charge on any atom is -0.356 e. The van der Waals surface area contributed by atoms with Gasteiger partial charge < -0.3 is 30.0 Å². The van der Waals surface area contributed by atoms with Gasteiger partial charge in [-0.3, -0.25) is 4.79 Å². The summed E-state index contributed by atoms with van der Waals surface area (Å²) in [6, 6.07) is 6.19. The third-order valence-electron chi connectivity index (χ3n) is 6.17. The van der Waals surface area contributed by atoms with Crippen molar-refractivity contribution in [3.8, 4) is 0 Å². The number of hydrogen-bond donors (Lipinski definition) is 2. The average molecular weight is 405 g/mol. The summed E-state index contributed by atoms with van der Waals surface area (Å²) in [6.07, 6.45) is 4.03. The molecule has 2 aliphatic heterocycles. The van der Waals surface area contributed by atoms with Crippen LogP contribution in [0.5, 0.6) is 0 Å². The first kappa shape index (κ1) is 20.8. The molecule has 2 saturated heterocycles. The fourth-order valence-corrected chi connectivity index (χ4v) is 4.41. The molecular weight excluding hydrogens is 372 g/mol. The predicted molar refractivity (Wildman–Crippen MR) is 107 cm³/mol. The highest BCUT2D eigenvalue weighted by Gasteiger charge is 2.28. The van der Waals surface area contributed by atoms with Crippen molar-refractivity contribution in [2.75, 3.05) is 39.5 Å². The van der Waals surface area contributed by atoms with E-state index in [2.05, 4.69) is 17.4 Å². The van der Waals surface area contributed by atoms with E-state index in [4.69, 9.17) is 24.7 Å². The van der Waals surface area contributed by atoms with Crippen LogP contribution in [0.3, 0.4) is 0 Å². The number of nitrogens with two attached hydrogens (primary N) is 1. The van der Waals surface area contributed by atoms with E-state index in [0.717, 1.165) is 55.3 Å². The average Bonchev–Trinajstić information content (AvgIpc) is 3.48. The van der Waals surface area contributed by atoms with Crippen molar-refractivity contribution in [2.45, 2.75) is 44.7 Å². The summed E-state index contributed by atoms with van der Waals surface area (Å²) in [4.78, 5) is 12.5. The summed E-state index contributed by atoms with van der Waals surface area (Å²) < 4.78 is 22.8. The lowest BCUT2D eigenvalue weighted by atomic mass is 9.81. The summed E-state index contributed by atoms with van der Waals surface area (Å²) in [6.45, 7) is 3.72. The van der Waals surface area contributed by atoms with Gasteiger partial charge in [-0.05, 0) is 50.1 Å². The Kier molecular flexibility index (Phi) is 7.15. The lowest BCUT2D eigenvalue weighted by molar-refractivity contribution is -0.126. The molecule has 0 spiro atoms. The smallest absolute Gasteiger partial charge is 0.223 e. The molecule has 7 nitrogen and oxygen atoms in total. The molecule has 160 valence electrons. The van der Waals surface area contributed by atoms with Crippen LogP contribution in [0, 0.1) is 11.8 Å². The number of hydrogen-bond acceptors (Lipinski definition) is 6. The zero-order valence-corrected chi connectivity index (χ0v) is 16.9. The lowest BCUT2D eigenvalue weighted by Gasteiger charge is -2.26. The van der Waals surface area contributed by atoms with Crippen molar-refractivity contribution in [3.63, 3.8) is 0 Å². The molecule has 1 amide bonds. The zero-order valence-electron chi connectivity index (χ0n) is 16.9. The third-order valence-corrected chi connectivity index (χ3v) is 6.17. The van der Waals surface area contributed by atoms with E-state index in [9.17, 15) is 4.79 Å². The van der Waals surface area contributed by atoms with E-state index >= 15 is 0 Å². The maximum absolute atomic E-state index is 12.5. The first-order chi connectivity index (χ1) is 14.2. The molecule has 0 aromatic heterocycles. The molecule has 1 aromatic carbocycles. The van der Waals surface area contributed by atoms with Crippen molar-refractivity contribution in [1.29, 1.82) is 0 Å². The molecule has 0 radical (unpaired) electrons. The van der Waals surface area contributed by atoms with Gasteiger partial charge in [0.05, 0.1) is 26.4 Å². The highest BCUT2D eigenvalue weighted by Crippen LogP contribution is 2.34. The van der Waals surface area contributed by atoms with Crippen LogP contribution >= 0.6 is 0 Å². The first-order valence-corrected chi connectivity index (χ1v) is 10.8. The van der Waals surface area contributed by atoms with E-state index in [-0.39, 0.29) is 24.4 Å². The van der Waals surface area contributed by atoms with Crippen molar-refractivity contribution < 1.29 is 23.7 Å². The van der Waals surface area contributed by atoms with Crippen molar-refractivity contribution in [3.05, 3.63) is 34.9 Å². The lowest BCUT2D eigenvalue weighted by Crippen LogP contribution is -2.35. The summed E-state index contributed by atoms with van der Waals surface area (Å²) in [5.41, 5.74) is 8.79. The van der Waals surface area contributed by atoms with Crippen molar-refractivity contribution >= 4 is 5.91 Å². The second kappa shape index (κ2) is 10.00. The minimum absolute atomic E-state index is 0.132. The van der Waals surface area contributed by atoms with E-state index < -0.39 is 0 Å². The summed E-state index contributed by atoms with van der Waals surface area (Å²) in [5.74, 6) is 0.893. The molecule has 3 fully saturated rings. The van der Waals surface area contributed by atoms with Gasteiger partial charge in [-0.1, -0.05) is 18.2 Å². The van der Waals surface area contributed by atoms with Crippen LogP contribution in [-0.4, -0.2) is 45.4 Å². The number of amides is 1. The molecule has 1 aliphatic carbocycles.